The van der Waals surface area contributed by atoms with E-state index in [1.54, 1.807) is 0 Å². The van der Waals surface area contributed by atoms with Gasteiger partial charge in [-0.1, -0.05) is 33.1 Å². The lowest BCUT2D eigenvalue weighted by molar-refractivity contribution is 0.234. The topological polar surface area (TPSA) is 18.5 Å². The van der Waals surface area contributed by atoms with Crippen molar-refractivity contribution < 1.29 is 9.05 Å². The summed E-state index contributed by atoms with van der Waals surface area (Å²) in [4.78, 5) is 0. The summed E-state index contributed by atoms with van der Waals surface area (Å²) in [5.74, 6) is 0. The normalized spacial score (nSPS) is 18.9. The molecule has 96 valence electrons. The maximum absolute atomic E-state index is 5.92. The van der Waals surface area contributed by atoms with E-state index >= 15 is 0 Å². The van der Waals surface area contributed by atoms with Crippen LogP contribution in [0.2, 0.25) is 0 Å². The minimum Gasteiger partial charge on any atom is -0.329 e. The first-order valence-corrected chi connectivity index (χ1v) is 9.32. The molecule has 1 aliphatic rings. The highest BCUT2D eigenvalue weighted by Gasteiger charge is 2.31. The predicted octanol–water partition coefficient (Wildman–Crippen LogP) is 4.48. The zero-order valence-corrected chi connectivity index (χ0v) is 12.3. The van der Waals surface area contributed by atoms with Gasteiger partial charge in [-0.05, 0) is 37.5 Å². The Morgan fingerprint density at radius 3 is 1.94 bits per heavy atom. The summed E-state index contributed by atoms with van der Waals surface area (Å²) >= 11 is 5.72. The molecule has 16 heavy (non-hydrogen) atoms. The smallest absolute Gasteiger partial charge is 0.191 e. The van der Waals surface area contributed by atoms with Crippen molar-refractivity contribution in [2.75, 3.05) is 13.2 Å². The molecule has 0 aromatic heterocycles. The molecular formula is C12H25O2PS. The van der Waals surface area contributed by atoms with Gasteiger partial charge in [-0.3, -0.25) is 0 Å². The van der Waals surface area contributed by atoms with E-state index in [0.29, 0.717) is 5.66 Å². The zero-order chi connectivity index (χ0) is 11.9. The summed E-state index contributed by atoms with van der Waals surface area (Å²) in [6.07, 6.45) is 8.44. The SMILES string of the molecule is CCCOP(=S)(OCCC)C1CCCCC1. The van der Waals surface area contributed by atoms with E-state index in [0.717, 1.165) is 26.1 Å². The molecule has 0 radical (unpaired) electrons. The molecular weight excluding hydrogens is 239 g/mol. The maximum Gasteiger partial charge on any atom is 0.191 e. The summed E-state index contributed by atoms with van der Waals surface area (Å²) in [7, 11) is 0. The van der Waals surface area contributed by atoms with Gasteiger partial charge in [0.15, 0.2) is 6.49 Å². The predicted molar refractivity (Wildman–Crippen MR) is 73.6 cm³/mol. The molecule has 0 aromatic carbocycles. The van der Waals surface area contributed by atoms with E-state index < -0.39 is 6.49 Å². The molecule has 1 rings (SSSR count). The highest BCUT2D eigenvalue weighted by molar-refractivity contribution is 8.10. The van der Waals surface area contributed by atoms with Crippen LogP contribution in [0.5, 0.6) is 0 Å². The number of rotatable bonds is 7. The molecule has 0 atom stereocenters. The van der Waals surface area contributed by atoms with Crippen LogP contribution in [0, 0.1) is 0 Å². The molecule has 0 heterocycles. The lowest BCUT2D eigenvalue weighted by Crippen LogP contribution is -2.17. The quantitative estimate of drug-likeness (QED) is 0.632. The van der Waals surface area contributed by atoms with Gasteiger partial charge in [-0.2, -0.15) is 0 Å². The van der Waals surface area contributed by atoms with Crippen LogP contribution in [0.4, 0.5) is 0 Å². The Kier molecular flexibility index (Phi) is 7.14. The largest absolute Gasteiger partial charge is 0.329 e. The van der Waals surface area contributed by atoms with Crippen LogP contribution < -0.4 is 0 Å². The van der Waals surface area contributed by atoms with Crippen LogP contribution in [-0.4, -0.2) is 18.9 Å². The summed E-state index contributed by atoms with van der Waals surface area (Å²) < 4.78 is 11.8. The summed E-state index contributed by atoms with van der Waals surface area (Å²) in [6.45, 7) is 3.78. The average molecular weight is 264 g/mol. The fraction of sp³-hybridized carbons (Fsp3) is 1.00. The lowest BCUT2D eigenvalue weighted by Gasteiger charge is -2.32. The molecule has 1 saturated carbocycles. The Bertz CT molecular complexity index is 215. The Labute approximate surface area is 105 Å². The van der Waals surface area contributed by atoms with Crippen molar-refractivity contribution in [3.63, 3.8) is 0 Å². The monoisotopic (exact) mass is 264 g/mol. The first kappa shape index (κ1) is 14.6. The molecule has 1 fully saturated rings. The van der Waals surface area contributed by atoms with Crippen LogP contribution in [0.3, 0.4) is 0 Å². The van der Waals surface area contributed by atoms with Crippen molar-refractivity contribution >= 4 is 18.3 Å². The second-order valence-electron chi connectivity index (χ2n) is 4.50. The van der Waals surface area contributed by atoms with Gasteiger partial charge in [-0.25, -0.2) is 0 Å². The molecule has 0 aliphatic heterocycles. The maximum atomic E-state index is 5.92. The molecule has 4 heteroatoms. The van der Waals surface area contributed by atoms with E-state index in [1.165, 1.54) is 32.1 Å². The van der Waals surface area contributed by atoms with Crippen LogP contribution in [-0.2, 0) is 20.9 Å². The molecule has 0 amide bonds. The van der Waals surface area contributed by atoms with Gasteiger partial charge < -0.3 is 9.05 Å². The fourth-order valence-corrected chi connectivity index (χ4v) is 5.53. The molecule has 1 aliphatic carbocycles. The van der Waals surface area contributed by atoms with Gasteiger partial charge in [0.1, 0.15) is 0 Å². The van der Waals surface area contributed by atoms with E-state index in [2.05, 4.69) is 13.8 Å². The van der Waals surface area contributed by atoms with Gasteiger partial charge in [-0.15, -0.1) is 0 Å². The lowest BCUT2D eigenvalue weighted by atomic mass is 10.0. The third kappa shape index (κ3) is 4.44. The standard InChI is InChI=1S/C12H25O2PS/c1-3-10-13-15(16,14-11-4-2)12-8-6-5-7-9-12/h12H,3-11H2,1-2H3. The third-order valence-electron chi connectivity index (χ3n) is 2.97. The van der Waals surface area contributed by atoms with Crippen molar-refractivity contribution in [1.82, 2.24) is 0 Å². The van der Waals surface area contributed by atoms with Gasteiger partial charge >= 0.3 is 0 Å². The molecule has 0 spiro atoms. The Morgan fingerprint density at radius 1 is 1.00 bits per heavy atom. The van der Waals surface area contributed by atoms with Gasteiger partial charge in [0.2, 0.25) is 0 Å². The molecule has 0 saturated heterocycles. The second kappa shape index (κ2) is 7.81. The highest BCUT2D eigenvalue weighted by Crippen LogP contribution is 2.57. The van der Waals surface area contributed by atoms with E-state index in [4.69, 9.17) is 20.9 Å². The summed E-state index contributed by atoms with van der Waals surface area (Å²) in [6, 6.07) is 0. The van der Waals surface area contributed by atoms with Crippen LogP contribution in [0.15, 0.2) is 0 Å². The first-order chi connectivity index (χ1) is 7.73. The fourth-order valence-electron chi connectivity index (χ4n) is 2.08. The highest BCUT2D eigenvalue weighted by atomic mass is 32.5. The first-order valence-electron chi connectivity index (χ1n) is 6.61. The summed E-state index contributed by atoms with van der Waals surface area (Å²) in [5, 5.41) is 0. The van der Waals surface area contributed by atoms with Crippen LogP contribution >= 0.6 is 6.49 Å². The third-order valence-corrected chi connectivity index (χ3v) is 7.00. The minimum atomic E-state index is -1.99. The molecule has 0 bridgehead atoms. The van der Waals surface area contributed by atoms with Crippen LogP contribution in [0.1, 0.15) is 58.8 Å². The van der Waals surface area contributed by atoms with Crippen molar-refractivity contribution in [3.05, 3.63) is 0 Å². The molecule has 2 nitrogen and oxygen atoms in total. The Morgan fingerprint density at radius 2 is 1.50 bits per heavy atom. The Balaban J connectivity index is 2.56. The van der Waals surface area contributed by atoms with Gasteiger partial charge in [0.25, 0.3) is 0 Å². The number of hydrogen-bond donors (Lipinski definition) is 0. The zero-order valence-electron chi connectivity index (χ0n) is 10.6. The average Bonchev–Trinajstić information content (AvgIpc) is 2.35. The van der Waals surface area contributed by atoms with Crippen molar-refractivity contribution in [1.29, 1.82) is 0 Å². The number of hydrogen-bond acceptors (Lipinski definition) is 3. The van der Waals surface area contributed by atoms with Crippen molar-refractivity contribution in [2.45, 2.75) is 64.5 Å². The Hall–Kier alpha value is 0.570. The molecule has 0 N–H and O–H groups in total. The van der Waals surface area contributed by atoms with E-state index in [-0.39, 0.29) is 0 Å². The van der Waals surface area contributed by atoms with Crippen molar-refractivity contribution in [2.24, 2.45) is 0 Å². The van der Waals surface area contributed by atoms with E-state index in [9.17, 15) is 0 Å². The summed E-state index contributed by atoms with van der Waals surface area (Å²) in [5.41, 5.74) is 0.523. The van der Waals surface area contributed by atoms with Crippen molar-refractivity contribution in [3.8, 4) is 0 Å². The van der Waals surface area contributed by atoms with Gasteiger partial charge in [0, 0.05) is 5.66 Å². The molecule has 0 aromatic rings. The van der Waals surface area contributed by atoms with E-state index in [1.807, 2.05) is 0 Å². The molecule has 0 unspecified atom stereocenters. The van der Waals surface area contributed by atoms with Gasteiger partial charge in [0.05, 0.1) is 13.2 Å². The van der Waals surface area contributed by atoms with Crippen LogP contribution in [0.25, 0.3) is 0 Å². The second-order valence-corrected chi connectivity index (χ2v) is 8.35. The minimum absolute atomic E-state index is 0.523.